The maximum Gasteiger partial charge on any atom is 0.272 e. The Morgan fingerprint density at radius 2 is 2.26 bits per heavy atom. The normalized spacial score (nSPS) is 11.9. The molecule has 1 aromatic rings. The summed E-state index contributed by atoms with van der Waals surface area (Å²) >= 11 is 0. The van der Waals surface area contributed by atoms with Crippen LogP contribution in [0.5, 0.6) is 0 Å². The quantitative estimate of drug-likeness (QED) is 0.610. The van der Waals surface area contributed by atoms with Crippen LogP contribution in [0.3, 0.4) is 0 Å². The first-order chi connectivity index (χ1) is 8.93. The number of benzene rings is 1. The van der Waals surface area contributed by atoms with Crippen molar-refractivity contribution in [3.63, 3.8) is 0 Å². The molecule has 0 aromatic heterocycles. The number of carbonyl (C=O) groups excluding carboxylic acids is 1. The van der Waals surface area contributed by atoms with E-state index >= 15 is 0 Å². The molecule has 1 unspecified atom stereocenters. The average molecular weight is 269 g/mol. The van der Waals surface area contributed by atoms with E-state index in [0.717, 1.165) is 24.6 Å². The minimum absolute atomic E-state index is 0.0840. The zero-order chi connectivity index (χ0) is 14.4. The number of halogens is 1. The molecule has 0 radical (unpaired) electrons. The lowest BCUT2D eigenvalue weighted by molar-refractivity contribution is -0.385. The highest BCUT2D eigenvalue weighted by Crippen LogP contribution is 2.20. The van der Waals surface area contributed by atoms with E-state index in [9.17, 15) is 19.3 Å². The largest absolute Gasteiger partial charge is 0.327 e. The lowest BCUT2D eigenvalue weighted by atomic mass is 10.1. The molecule has 19 heavy (non-hydrogen) atoms. The van der Waals surface area contributed by atoms with Crippen molar-refractivity contribution in [3.8, 4) is 0 Å². The van der Waals surface area contributed by atoms with Crippen molar-refractivity contribution in [1.29, 1.82) is 0 Å². The SMILES string of the molecule is CCCC(N)CC(=O)Nc1ccc([N+](=O)[O-])cc1F. The third kappa shape index (κ3) is 4.63. The lowest BCUT2D eigenvalue weighted by Crippen LogP contribution is -2.27. The van der Waals surface area contributed by atoms with Crippen molar-refractivity contribution < 1.29 is 14.1 Å². The second kappa shape index (κ2) is 6.79. The van der Waals surface area contributed by atoms with Gasteiger partial charge < -0.3 is 11.1 Å². The molecule has 0 saturated carbocycles. The summed E-state index contributed by atoms with van der Waals surface area (Å²) in [5, 5.41) is 12.8. The Morgan fingerprint density at radius 1 is 1.58 bits per heavy atom. The molecule has 1 amide bonds. The van der Waals surface area contributed by atoms with Crippen molar-refractivity contribution in [2.24, 2.45) is 5.73 Å². The smallest absolute Gasteiger partial charge is 0.272 e. The van der Waals surface area contributed by atoms with E-state index in [1.807, 2.05) is 6.92 Å². The minimum Gasteiger partial charge on any atom is -0.327 e. The predicted octanol–water partition coefficient (Wildman–Crippen LogP) is 2.19. The number of non-ortho nitro benzene ring substituents is 1. The fourth-order valence-electron chi connectivity index (χ4n) is 1.63. The van der Waals surface area contributed by atoms with Crippen LogP contribution < -0.4 is 11.1 Å². The molecule has 3 N–H and O–H groups in total. The van der Waals surface area contributed by atoms with Crippen molar-refractivity contribution in [1.82, 2.24) is 0 Å². The highest BCUT2D eigenvalue weighted by atomic mass is 19.1. The fourth-order valence-corrected chi connectivity index (χ4v) is 1.63. The number of nitro groups is 1. The molecule has 0 spiro atoms. The Kier molecular flexibility index (Phi) is 5.37. The minimum atomic E-state index is -0.841. The summed E-state index contributed by atoms with van der Waals surface area (Å²) in [6.45, 7) is 1.95. The van der Waals surface area contributed by atoms with Gasteiger partial charge in [-0.2, -0.15) is 0 Å². The Bertz CT molecular complexity index is 479. The van der Waals surface area contributed by atoms with Gasteiger partial charge in [-0.3, -0.25) is 14.9 Å². The number of nitrogens with two attached hydrogens (primary N) is 1. The van der Waals surface area contributed by atoms with Gasteiger partial charge in [-0.1, -0.05) is 13.3 Å². The lowest BCUT2D eigenvalue weighted by Gasteiger charge is -2.10. The standard InChI is InChI=1S/C12H16FN3O3/c1-2-3-8(14)6-12(17)15-11-5-4-9(16(18)19)7-10(11)13/h4-5,7-8H,2-3,6,14H2,1H3,(H,15,17). The first kappa shape index (κ1) is 15.0. The molecule has 0 bridgehead atoms. The van der Waals surface area contributed by atoms with E-state index in [2.05, 4.69) is 5.32 Å². The predicted molar refractivity (Wildman–Crippen MR) is 69.2 cm³/mol. The number of anilines is 1. The van der Waals surface area contributed by atoms with Crippen LogP contribution >= 0.6 is 0 Å². The van der Waals surface area contributed by atoms with Crippen molar-refractivity contribution >= 4 is 17.3 Å². The molecule has 0 fully saturated rings. The number of hydrogen-bond donors (Lipinski definition) is 2. The molecule has 0 aliphatic rings. The number of hydrogen-bond acceptors (Lipinski definition) is 4. The molecule has 0 heterocycles. The zero-order valence-corrected chi connectivity index (χ0v) is 10.6. The first-order valence-corrected chi connectivity index (χ1v) is 5.93. The van der Waals surface area contributed by atoms with Gasteiger partial charge in [0.1, 0.15) is 0 Å². The van der Waals surface area contributed by atoms with Gasteiger partial charge in [0, 0.05) is 18.5 Å². The summed E-state index contributed by atoms with van der Waals surface area (Å²) in [7, 11) is 0. The maximum atomic E-state index is 13.5. The van der Waals surface area contributed by atoms with Gasteiger partial charge in [-0.15, -0.1) is 0 Å². The fraction of sp³-hybridized carbons (Fsp3) is 0.417. The van der Waals surface area contributed by atoms with Gasteiger partial charge in [0.05, 0.1) is 16.7 Å². The molecule has 0 aliphatic heterocycles. The van der Waals surface area contributed by atoms with Crippen LogP contribution in [0.4, 0.5) is 15.8 Å². The van der Waals surface area contributed by atoms with Gasteiger partial charge in [-0.25, -0.2) is 4.39 Å². The third-order valence-electron chi connectivity index (χ3n) is 2.54. The highest BCUT2D eigenvalue weighted by Gasteiger charge is 2.14. The van der Waals surface area contributed by atoms with Gasteiger partial charge >= 0.3 is 0 Å². The van der Waals surface area contributed by atoms with Gasteiger partial charge in [-0.05, 0) is 12.5 Å². The molecule has 0 saturated heterocycles. The summed E-state index contributed by atoms with van der Waals surface area (Å²) in [6.07, 6.45) is 1.65. The number of rotatable bonds is 6. The van der Waals surface area contributed by atoms with Crippen LogP contribution in [0.1, 0.15) is 26.2 Å². The van der Waals surface area contributed by atoms with E-state index in [-0.39, 0.29) is 23.8 Å². The van der Waals surface area contributed by atoms with Crippen LogP contribution in [0.15, 0.2) is 18.2 Å². The summed E-state index contributed by atoms with van der Waals surface area (Å²) in [5.41, 5.74) is 5.25. The van der Waals surface area contributed by atoms with Crippen molar-refractivity contribution in [3.05, 3.63) is 34.1 Å². The van der Waals surface area contributed by atoms with E-state index in [1.165, 1.54) is 0 Å². The second-order valence-electron chi connectivity index (χ2n) is 4.22. The maximum absolute atomic E-state index is 13.5. The van der Waals surface area contributed by atoms with Crippen LogP contribution in [0, 0.1) is 15.9 Å². The monoisotopic (exact) mass is 269 g/mol. The molecule has 1 atom stereocenters. The molecule has 104 valence electrons. The molecule has 1 aromatic carbocycles. The van der Waals surface area contributed by atoms with Gasteiger partial charge in [0.25, 0.3) is 5.69 Å². The van der Waals surface area contributed by atoms with Gasteiger partial charge in [0.15, 0.2) is 5.82 Å². The Balaban J connectivity index is 2.67. The number of nitrogens with one attached hydrogen (secondary N) is 1. The summed E-state index contributed by atoms with van der Waals surface area (Å²) < 4.78 is 13.5. The molecule has 7 heteroatoms. The summed E-state index contributed by atoms with van der Waals surface area (Å²) in [6, 6.07) is 2.79. The number of carbonyl (C=O) groups is 1. The molecule has 1 rings (SSSR count). The van der Waals surface area contributed by atoms with Crippen LogP contribution in [-0.4, -0.2) is 16.9 Å². The Labute approximate surface area is 109 Å². The molecule has 6 nitrogen and oxygen atoms in total. The summed E-state index contributed by atoms with van der Waals surface area (Å²) in [4.78, 5) is 21.3. The molecular weight excluding hydrogens is 253 g/mol. The van der Waals surface area contributed by atoms with E-state index in [0.29, 0.717) is 6.42 Å². The number of nitrogens with zero attached hydrogens (tertiary/aromatic N) is 1. The number of amides is 1. The van der Waals surface area contributed by atoms with Crippen LogP contribution in [0.25, 0.3) is 0 Å². The third-order valence-corrected chi connectivity index (χ3v) is 2.54. The van der Waals surface area contributed by atoms with Crippen molar-refractivity contribution in [2.45, 2.75) is 32.2 Å². The van der Waals surface area contributed by atoms with E-state index < -0.39 is 16.6 Å². The van der Waals surface area contributed by atoms with E-state index in [1.54, 1.807) is 0 Å². The van der Waals surface area contributed by atoms with E-state index in [4.69, 9.17) is 5.73 Å². The van der Waals surface area contributed by atoms with Gasteiger partial charge in [0.2, 0.25) is 5.91 Å². The summed E-state index contributed by atoms with van der Waals surface area (Å²) in [5.74, 6) is -1.25. The molecule has 0 aliphatic carbocycles. The van der Waals surface area contributed by atoms with Crippen LogP contribution in [-0.2, 0) is 4.79 Å². The first-order valence-electron chi connectivity index (χ1n) is 5.93. The molecular formula is C12H16FN3O3. The Hall–Kier alpha value is -2.02. The number of nitro benzene ring substituents is 1. The Morgan fingerprint density at radius 3 is 2.79 bits per heavy atom. The highest BCUT2D eigenvalue weighted by molar-refractivity contribution is 5.91. The topological polar surface area (TPSA) is 98.3 Å². The zero-order valence-electron chi connectivity index (χ0n) is 10.6. The second-order valence-corrected chi connectivity index (χ2v) is 4.22. The van der Waals surface area contributed by atoms with Crippen LogP contribution in [0.2, 0.25) is 0 Å². The van der Waals surface area contributed by atoms with Crippen molar-refractivity contribution in [2.75, 3.05) is 5.32 Å². The average Bonchev–Trinajstić information content (AvgIpc) is 2.31.